The van der Waals surface area contributed by atoms with Gasteiger partial charge < -0.3 is 15.4 Å². The number of hydrogen-bond acceptors (Lipinski definition) is 6. The van der Waals surface area contributed by atoms with Gasteiger partial charge in [-0.2, -0.15) is 4.80 Å². The SMILES string of the molecule is O=C(Cn1nnc(-c2ccccc2)n1)NCNc1ccc(OCc2ccccc2)cc1. The van der Waals surface area contributed by atoms with Crippen LogP contribution in [0.1, 0.15) is 5.56 Å². The molecule has 0 saturated carbocycles. The van der Waals surface area contributed by atoms with Crippen LogP contribution in [0.5, 0.6) is 5.75 Å². The van der Waals surface area contributed by atoms with Crippen molar-refractivity contribution >= 4 is 11.6 Å². The molecule has 0 aliphatic carbocycles. The third-order valence-electron chi connectivity index (χ3n) is 4.45. The number of amides is 1. The average Bonchev–Trinajstić information content (AvgIpc) is 3.28. The molecule has 0 saturated heterocycles. The Labute approximate surface area is 179 Å². The zero-order valence-corrected chi connectivity index (χ0v) is 16.8. The van der Waals surface area contributed by atoms with E-state index in [1.807, 2.05) is 84.9 Å². The van der Waals surface area contributed by atoms with Crippen LogP contribution in [0.25, 0.3) is 11.4 Å². The van der Waals surface area contributed by atoms with E-state index in [2.05, 4.69) is 26.0 Å². The maximum absolute atomic E-state index is 12.1. The average molecular weight is 414 g/mol. The number of anilines is 1. The summed E-state index contributed by atoms with van der Waals surface area (Å²) in [5.41, 5.74) is 2.84. The number of rotatable bonds is 9. The Kier molecular flexibility index (Phi) is 6.49. The van der Waals surface area contributed by atoms with Gasteiger partial charge in [0.2, 0.25) is 11.7 Å². The zero-order valence-electron chi connectivity index (χ0n) is 16.8. The first-order valence-corrected chi connectivity index (χ1v) is 9.87. The number of carbonyl (C=O) groups excluding carboxylic acids is 1. The summed E-state index contributed by atoms with van der Waals surface area (Å²) in [5, 5.41) is 18.1. The molecule has 0 spiro atoms. The molecule has 31 heavy (non-hydrogen) atoms. The van der Waals surface area contributed by atoms with Crippen molar-refractivity contribution in [2.75, 3.05) is 12.0 Å². The van der Waals surface area contributed by atoms with Crippen molar-refractivity contribution in [2.45, 2.75) is 13.2 Å². The maximum atomic E-state index is 12.1. The number of nitrogens with zero attached hydrogens (tertiary/aromatic N) is 4. The first kappa shape index (κ1) is 20.1. The van der Waals surface area contributed by atoms with Crippen LogP contribution >= 0.6 is 0 Å². The summed E-state index contributed by atoms with van der Waals surface area (Å²) >= 11 is 0. The Morgan fingerprint density at radius 2 is 1.61 bits per heavy atom. The van der Waals surface area contributed by atoms with Gasteiger partial charge in [-0.15, -0.1) is 10.2 Å². The summed E-state index contributed by atoms with van der Waals surface area (Å²) in [5.74, 6) is 1.05. The number of carbonyl (C=O) groups is 1. The van der Waals surface area contributed by atoms with Gasteiger partial charge in [-0.1, -0.05) is 60.7 Å². The Morgan fingerprint density at radius 3 is 2.35 bits per heavy atom. The molecular formula is C23H22N6O2. The summed E-state index contributed by atoms with van der Waals surface area (Å²) in [4.78, 5) is 13.4. The monoisotopic (exact) mass is 414 g/mol. The third-order valence-corrected chi connectivity index (χ3v) is 4.45. The predicted octanol–water partition coefficient (Wildman–Crippen LogP) is 3.10. The molecule has 3 aromatic carbocycles. The molecule has 0 aliphatic rings. The fraction of sp³-hybridized carbons (Fsp3) is 0.130. The van der Waals surface area contributed by atoms with Gasteiger partial charge in [-0.05, 0) is 35.0 Å². The van der Waals surface area contributed by atoms with Crippen molar-refractivity contribution < 1.29 is 9.53 Å². The summed E-state index contributed by atoms with van der Waals surface area (Å²) in [7, 11) is 0. The van der Waals surface area contributed by atoms with Crippen molar-refractivity contribution in [3.63, 3.8) is 0 Å². The van der Waals surface area contributed by atoms with Gasteiger partial charge in [0.05, 0.1) is 6.67 Å². The van der Waals surface area contributed by atoms with Gasteiger partial charge in [0.25, 0.3) is 0 Å². The number of aromatic nitrogens is 4. The molecule has 1 aromatic heterocycles. The van der Waals surface area contributed by atoms with Gasteiger partial charge in [-0.25, -0.2) is 0 Å². The Morgan fingerprint density at radius 1 is 0.903 bits per heavy atom. The molecule has 0 bridgehead atoms. The van der Waals surface area contributed by atoms with Crippen LogP contribution in [-0.2, 0) is 17.9 Å². The summed E-state index contributed by atoms with van der Waals surface area (Å²) in [6.45, 7) is 0.795. The molecule has 0 atom stereocenters. The second kappa shape index (κ2) is 10.0. The lowest BCUT2D eigenvalue weighted by Crippen LogP contribution is -2.32. The quantitative estimate of drug-likeness (QED) is 0.409. The second-order valence-corrected chi connectivity index (χ2v) is 6.76. The number of hydrogen-bond donors (Lipinski definition) is 2. The lowest BCUT2D eigenvalue weighted by atomic mass is 10.2. The molecule has 156 valence electrons. The fourth-order valence-electron chi connectivity index (χ4n) is 2.85. The predicted molar refractivity (Wildman–Crippen MR) is 117 cm³/mol. The minimum atomic E-state index is -0.215. The van der Waals surface area contributed by atoms with Crippen molar-refractivity contribution in [1.82, 2.24) is 25.5 Å². The number of nitrogens with one attached hydrogen (secondary N) is 2. The molecule has 8 nitrogen and oxygen atoms in total. The Bertz CT molecular complexity index is 1100. The highest BCUT2D eigenvalue weighted by molar-refractivity contribution is 5.75. The lowest BCUT2D eigenvalue weighted by Gasteiger charge is -2.10. The van der Waals surface area contributed by atoms with E-state index in [1.165, 1.54) is 4.80 Å². The third kappa shape index (κ3) is 5.89. The highest BCUT2D eigenvalue weighted by atomic mass is 16.5. The van der Waals surface area contributed by atoms with Gasteiger partial charge in [0.15, 0.2) is 0 Å². The van der Waals surface area contributed by atoms with Gasteiger partial charge in [0, 0.05) is 11.3 Å². The van der Waals surface area contributed by atoms with Gasteiger partial charge in [0.1, 0.15) is 18.9 Å². The van der Waals surface area contributed by atoms with E-state index in [1.54, 1.807) is 0 Å². The fourth-order valence-corrected chi connectivity index (χ4v) is 2.85. The van der Waals surface area contributed by atoms with Crippen LogP contribution in [-0.4, -0.2) is 32.8 Å². The molecule has 1 heterocycles. The van der Waals surface area contributed by atoms with Crippen LogP contribution in [0.15, 0.2) is 84.9 Å². The van der Waals surface area contributed by atoms with E-state index in [0.717, 1.165) is 22.6 Å². The molecule has 4 rings (SSSR count). The Hall–Kier alpha value is -4.20. The van der Waals surface area contributed by atoms with Crippen LogP contribution in [0.4, 0.5) is 5.69 Å². The van der Waals surface area contributed by atoms with Crippen molar-refractivity contribution in [3.05, 3.63) is 90.5 Å². The highest BCUT2D eigenvalue weighted by Crippen LogP contribution is 2.17. The minimum Gasteiger partial charge on any atom is -0.489 e. The second-order valence-electron chi connectivity index (χ2n) is 6.76. The number of ether oxygens (including phenoxy) is 1. The van der Waals surface area contributed by atoms with E-state index in [9.17, 15) is 4.79 Å². The number of benzene rings is 3. The summed E-state index contributed by atoms with van der Waals surface area (Å²) in [6, 6.07) is 27.1. The van der Waals surface area contributed by atoms with Crippen molar-refractivity contribution in [2.24, 2.45) is 0 Å². The first-order chi connectivity index (χ1) is 15.3. The molecular weight excluding hydrogens is 392 g/mol. The molecule has 0 fully saturated rings. The maximum Gasteiger partial charge on any atom is 0.245 e. The van der Waals surface area contributed by atoms with E-state index in [0.29, 0.717) is 12.4 Å². The van der Waals surface area contributed by atoms with Gasteiger partial charge in [-0.3, -0.25) is 4.79 Å². The van der Waals surface area contributed by atoms with E-state index in [-0.39, 0.29) is 19.1 Å². The highest BCUT2D eigenvalue weighted by Gasteiger charge is 2.08. The smallest absolute Gasteiger partial charge is 0.245 e. The molecule has 0 aliphatic heterocycles. The standard InChI is InChI=1S/C23H22N6O2/c30-22(15-29-27-23(26-28-29)19-9-5-2-6-10-19)25-17-24-20-11-13-21(14-12-20)31-16-18-7-3-1-4-8-18/h1-14,24H,15-17H2,(H,25,30). The molecule has 0 unspecified atom stereocenters. The molecule has 1 amide bonds. The van der Waals surface area contributed by atoms with Gasteiger partial charge >= 0.3 is 0 Å². The van der Waals surface area contributed by atoms with E-state index in [4.69, 9.17) is 4.74 Å². The van der Waals surface area contributed by atoms with Crippen molar-refractivity contribution in [3.8, 4) is 17.1 Å². The van der Waals surface area contributed by atoms with E-state index < -0.39 is 0 Å². The van der Waals surface area contributed by atoms with Crippen LogP contribution in [0.3, 0.4) is 0 Å². The normalized spacial score (nSPS) is 10.5. The topological polar surface area (TPSA) is 94.0 Å². The first-order valence-electron chi connectivity index (χ1n) is 9.87. The zero-order chi connectivity index (χ0) is 21.3. The molecule has 4 aromatic rings. The summed E-state index contributed by atoms with van der Waals surface area (Å²) < 4.78 is 5.77. The summed E-state index contributed by atoms with van der Waals surface area (Å²) in [6.07, 6.45) is 0. The van der Waals surface area contributed by atoms with Crippen LogP contribution in [0, 0.1) is 0 Å². The van der Waals surface area contributed by atoms with Crippen LogP contribution in [0.2, 0.25) is 0 Å². The Balaban J connectivity index is 1.19. The molecule has 8 heteroatoms. The minimum absolute atomic E-state index is 0.00617. The molecule has 0 radical (unpaired) electrons. The molecule has 2 N–H and O–H groups in total. The largest absolute Gasteiger partial charge is 0.489 e. The number of tetrazole rings is 1. The van der Waals surface area contributed by atoms with Crippen LogP contribution < -0.4 is 15.4 Å². The van der Waals surface area contributed by atoms with Crippen molar-refractivity contribution in [1.29, 1.82) is 0 Å². The lowest BCUT2D eigenvalue weighted by molar-refractivity contribution is -0.121. The van der Waals surface area contributed by atoms with E-state index >= 15 is 0 Å².